The molecule has 25 heavy (non-hydrogen) atoms. The van der Waals surface area contributed by atoms with Crippen LogP contribution in [0.4, 0.5) is 45.2 Å². The Bertz CT molecular complexity index is 685. The van der Waals surface area contributed by atoms with Crippen LogP contribution >= 0.6 is 0 Å². The number of amides is 2. The van der Waals surface area contributed by atoms with Gasteiger partial charge in [-0.15, -0.1) is 0 Å². The predicted molar refractivity (Wildman–Crippen MR) is 64.5 cm³/mol. The molecule has 4 nitrogen and oxygen atoms in total. The van der Waals surface area contributed by atoms with E-state index in [1.807, 2.05) is 0 Å². The van der Waals surface area contributed by atoms with E-state index in [9.17, 15) is 49.1 Å². The molecule has 0 aromatic heterocycles. The van der Waals surface area contributed by atoms with Gasteiger partial charge in [0, 0.05) is 0 Å². The Morgan fingerprint density at radius 1 is 0.840 bits per heavy atom. The largest absolute Gasteiger partial charge is 0.460 e. The van der Waals surface area contributed by atoms with Crippen molar-refractivity contribution in [2.75, 3.05) is 5.32 Å². The van der Waals surface area contributed by atoms with Crippen LogP contribution in [0.15, 0.2) is 24.3 Å². The minimum Gasteiger partial charge on any atom is -0.366 e. The molecule has 0 fully saturated rings. The van der Waals surface area contributed by atoms with Crippen molar-refractivity contribution in [3.8, 4) is 0 Å². The minimum absolute atomic E-state index is 0.669. The van der Waals surface area contributed by atoms with Gasteiger partial charge in [0.15, 0.2) is 0 Å². The smallest absolute Gasteiger partial charge is 0.366 e. The van der Waals surface area contributed by atoms with E-state index in [1.165, 1.54) is 0 Å². The van der Waals surface area contributed by atoms with Gasteiger partial charge in [0.25, 0.3) is 5.91 Å². The van der Waals surface area contributed by atoms with Gasteiger partial charge in [0.1, 0.15) is 0 Å². The van der Waals surface area contributed by atoms with Crippen LogP contribution in [0, 0.1) is 0 Å². The van der Waals surface area contributed by atoms with Gasteiger partial charge in [-0.05, 0) is 12.1 Å². The molecule has 0 aliphatic carbocycles. The van der Waals surface area contributed by atoms with Gasteiger partial charge >= 0.3 is 29.9 Å². The molecule has 0 aliphatic rings. The second kappa shape index (κ2) is 6.11. The van der Waals surface area contributed by atoms with E-state index in [4.69, 9.17) is 5.73 Å². The lowest BCUT2D eigenvalue weighted by Gasteiger charge is -2.32. The van der Waals surface area contributed by atoms with Crippen molar-refractivity contribution < 1.29 is 49.1 Å². The molecule has 3 N–H and O–H groups in total. The monoisotopic (exact) mass is 382 g/mol. The number of nitrogens with one attached hydrogen (secondary N) is 1. The molecular weight excluding hydrogens is 375 g/mol. The molecule has 0 aliphatic heterocycles. The highest BCUT2D eigenvalue weighted by atomic mass is 19.4. The fourth-order valence-electron chi connectivity index (χ4n) is 1.53. The van der Waals surface area contributed by atoms with Crippen molar-refractivity contribution in [2.24, 2.45) is 5.73 Å². The number of primary amides is 1. The van der Waals surface area contributed by atoms with Gasteiger partial charge in [-0.3, -0.25) is 9.59 Å². The number of benzene rings is 1. The zero-order chi connectivity index (χ0) is 19.8. The molecule has 0 spiro atoms. The molecule has 0 saturated heterocycles. The van der Waals surface area contributed by atoms with Crippen LogP contribution in [-0.4, -0.2) is 35.8 Å². The number of anilines is 1. The first-order valence-electron chi connectivity index (χ1n) is 5.98. The Morgan fingerprint density at radius 2 is 1.32 bits per heavy atom. The highest BCUT2D eigenvalue weighted by Crippen LogP contribution is 2.53. The van der Waals surface area contributed by atoms with Gasteiger partial charge in [-0.2, -0.15) is 39.5 Å². The van der Waals surface area contributed by atoms with Crippen LogP contribution in [0.25, 0.3) is 0 Å². The fourth-order valence-corrected chi connectivity index (χ4v) is 1.53. The van der Waals surface area contributed by atoms with Crippen molar-refractivity contribution in [1.82, 2.24) is 0 Å². The standard InChI is InChI=1S/C12H7F9N2O2/c13-9(14,10(15,16)11(17,18)12(19,20)21)8(25)23-6-4-2-1-3-5(6)7(22)24/h1-4H,(H2,22,24)(H,23,25). The lowest BCUT2D eigenvalue weighted by atomic mass is 10.0. The number of carbonyl (C=O) groups excluding carboxylic acids is 2. The molecule has 140 valence electrons. The Morgan fingerprint density at radius 3 is 1.76 bits per heavy atom. The van der Waals surface area contributed by atoms with Crippen LogP contribution in [0.2, 0.25) is 0 Å². The summed E-state index contributed by atoms with van der Waals surface area (Å²) >= 11 is 0. The van der Waals surface area contributed by atoms with E-state index in [2.05, 4.69) is 0 Å². The molecule has 0 bridgehead atoms. The summed E-state index contributed by atoms with van der Waals surface area (Å²) in [4.78, 5) is 22.2. The Kier molecular flexibility index (Phi) is 5.03. The lowest BCUT2D eigenvalue weighted by Crippen LogP contribution is -2.64. The average molecular weight is 382 g/mol. The van der Waals surface area contributed by atoms with Crippen molar-refractivity contribution in [2.45, 2.75) is 23.9 Å². The molecule has 0 saturated carbocycles. The number of carbonyl (C=O) groups is 2. The summed E-state index contributed by atoms with van der Waals surface area (Å²) in [5.41, 5.74) is 3.26. The van der Waals surface area contributed by atoms with Gasteiger partial charge < -0.3 is 11.1 Å². The second-order valence-corrected chi connectivity index (χ2v) is 4.58. The summed E-state index contributed by atoms with van der Waals surface area (Å²) in [7, 11) is 0. The van der Waals surface area contributed by atoms with E-state index in [1.54, 1.807) is 0 Å². The number of nitrogens with two attached hydrogens (primary N) is 1. The lowest BCUT2D eigenvalue weighted by molar-refractivity contribution is -0.388. The van der Waals surface area contributed by atoms with Crippen LogP contribution in [-0.2, 0) is 4.79 Å². The molecule has 2 amide bonds. The first kappa shape index (κ1) is 20.6. The first-order valence-corrected chi connectivity index (χ1v) is 5.98. The highest BCUT2D eigenvalue weighted by Gasteiger charge is 2.83. The number of para-hydroxylation sites is 1. The van der Waals surface area contributed by atoms with E-state index in [0.717, 1.165) is 23.5 Å². The molecular formula is C12H7F9N2O2. The third kappa shape index (κ3) is 3.35. The molecule has 1 rings (SSSR count). The van der Waals surface area contributed by atoms with Crippen molar-refractivity contribution in [3.63, 3.8) is 0 Å². The Hall–Kier alpha value is -2.47. The topological polar surface area (TPSA) is 72.2 Å². The van der Waals surface area contributed by atoms with Gasteiger partial charge in [0.05, 0.1) is 11.3 Å². The van der Waals surface area contributed by atoms with E-state index in [-0.39, 0.29) is 0 Å². The summed E-state index contributed by atoms with van der Waals surface area (Å²) in [6.45, 7) is 0. The molecule has 0 unspecified atom stereocenters. The van der Waals surface area contributed by atoms with Crippen molar-refractivity contribution >= 4 is 17.5 Å². The van der Waals surface area contributed by atoms with Gasteiger partial charge in [0.2, 0.25) is 0 Å². The van der Waals surface area contributed by atoms with E-state index in [0.29, 0.717) is 6.07 Å². The summed E-state index contributed by atoms with van der Waals surface area (Å²) in [6, 6.07) is 3.72. The van der Waals surface area contributed by atoms with Crippen LogP contribution in [0.3, 0.4) is 0 Å². The minimum atomic E-state index is -7.20. The quantitative estimate of drug-likeness (QED) is 0.768. The molecule has 0 radical (unpaired) electrons. The zero-order valence-corrected chi connectivity index (χ0v) is 11.6. The van der Waals surface area contributed by atoms with E-state index >= 15 is 0 Å². The maximum atomic E-state index is 13.4. The van der Waals surface area contributed by atoms with Gasteiger partial charge in [-0.1, -0.05) is 12.1 Å². The predicted octanol–water partition coefficient (Wildman–Crippen LogP) is 3.19. The Labute approximate surface area is 132 Å². The zero-order valence-electron chi connectivity index (χ0n) is 11.6. The summed E-state index contributed by atoms with van der Waals surface area (Å²) in [5.74, 6) is -25.3. The maximum absolute atomic E-state index is 13.4. The fraction of sp³-hybridized carbons (Fsp3) is 0.333. The second-order valence-electron chi connectivity index (χ2n) is 4.58. The number of hydrogen-bond acceptors (Lipinski definition) is 2. The molecule has 0 heterocycles. The SMILES string of the molecule is NC(=O)c1ccccc1NC(=O)C(F)(F)C(F)(F)C(F)(F)C(F)(F)F. The average Bonchev–Trinajstić information content (AvgIpc) is 2.45. The molecule has 13 heteroatoms. The molecule has 1 aromatic carbocycles. The normalized spacial score (nSPS) is 13.5. The van der Waals surface area contributed by atoms with E-state index < -0.39 is 47.0 Å². The number of rotatable bonds is 5. The third-order valence-corrected chi connectivity index (χ3v) is 2.87. The van der Waals surface area contributed by atoms with Crippen LogP contribution in [0.5, 0.6) is 0 Å². The van der Waals surface area contributed by atoms with Crippen LogP contribution < -0.4 is 11.1 Å². The summed E-state index contributed by atoms with van der Waals surface area (Å²) < 4.78 is 114. The van der Waals surface area contributed by atoms with Crippen LogP contribution in [0.1, 0.15) is 10.4 Å². The summed E-state index contributed by atoms with van der Waals surface area (Å²) in [5, 5.41) is 0.991. The number of hydrogen-bond donors (Lipinski definition) is 2. The van der Waals surface area contributed by atoms with Crippen molar-refractivity contribution in [1.29, 1.82) is 0 Å². The number of halogens is 9. The Balaban J connectivity index is 3.26. The molecule has 0 atom stereocenters. The highest BCUT2D eigenvalue weighted by molar-refractivity contribution is 6.05. The third-order valence-electron chi connectivity index (χ3n) is 2.87. The molecule has 1 aromatic rings. The number of alkyl halides is 9. The summed E-state index contributed by atoms with van der Waals surface area (Å²) in [6.07, 6.45) is -7.05. The van der Waals surface area contributed by atoms with Crippen molar-refractivity contribution in [3.05, 3.63) is 29.8 Å². The maximum Gasteiger partial charge on any atom is 0.460 e. The first-order chi connectivity index (χ1) is 11.1. The van der Waals surface area contributed by atoms with Gasteiger partial charge in [-0.25, -0.2) is 0 Å².